The molecular weight excluding hydrogens is 204 g/mol. The van der Waals surface area contributed by atoms with Gasteiger partial charge in [-0.3, -0.25) is 0 Å². The van der Waals surface area contributed by atoms with Crippen molar-refractivity contribution >= 4 is 6.09 Å². The van der Waals surface area contributed by atoms with Crippen LogP contribution in [0.2, 0.25) is 0 Å². The van der Waals surface area contributed by atoms with Gasteiger partial charge in [0.05, 0.1) is 6.54 Å². The summed E-state index contributed by atoms with van der Waals surface area (Å²) in [6.45, 7) is 9.45. The average molecular weight is 226 g/mol. The molecule has 1 atom stereocenters. The smallest absolute Gasteiger partial charge is 0.407 e. The Morgan fingerprint density at radius 2 is 2.06 bits per heavy atom. The molecule has 0 bridgehead atoms. The minimum absolute atomic E-state index is 0.320. The predicted molar refractivity (Wildman–Crippen MR) is 65.1 cm³/mol. The van der Waals surface area contributed by atoms with Crippen molar-refractivity contribution in [3.63, 3.8) is 0 Å². The molecule has 0 fully saturated rings. The van der Waals surface area contributed by atoms with E-state index in [1.54, 1.807) is 0 Å². The number of hydrogen-bond donors (Lipinski definition) is 2. The Balaban J connectivity index is 3.64. The fourth-order valence-electron chi connectivity index (χ4n) is 1.03. The Labute approximate surface area is 98.1 Å². The van der Waals surface area contributed by atoms with Gasteiger partial charge in [0.25, 0.3) is 0 Å². The third kappa shape index (κ3) is 9.35. The normalized spacial score (nSPS) is 12.7. The molecule has 0 aliphatic heterocycles. The number of carbonyl (C=O) groups is 1. The van der Waals surface area contributed by atoms with Gasteiger partial charge in [-0.2, -0.15) is 0 Å². The highest BCUT2D eigenvalue weighted by Crippen LogP contribution is 2.06. The molecule has 0 aliphatic carbocycles. The summed E-state index contributed by atoms with van der Waals surface area (Å²) >= 11 is 0. The monoisotopic (exact) mass is 226 g/mol. The van der Waals surface area contributed by atoms with E-state index in [1.807, 2.05) is 27.7 Å². The lowest BCUT2D eigenvalue weighted by Gasteiger charge is -2.20. The first kappa shape index (κ1) is 14.8. The van der Waals surface area contributed by atoms with E-state index in [9.17, 15) is 4.79 Å². The molecule has 0 spiro atoms. The fourth-order valence-corrected chi connectivity index (χ4v) is 1.03. The van der Waals surface area contributed by atoms with E-state index in [0.717, 1.165) is 6.54 Å². The third-order valence-electron chi connectivity index (χ3n) is 1.71. The van der Waals surface area contributed by atoms with E-state index in [0.29, 0.717) is 19.0 Å². The maximum Gasteiger partial charge on any atom is 0.407 e. The van der Waals surface area contributed by atoms with E-state index in [2.05, 4.69) is 16.6 Å². The summed E-state index contributed by atoms with van der Waals surface area (Å²) in [5, 5.41) is 5.79. The van der Waals surface area contributed by atoms with Gasteiger partial charge in [0.15, 0.2) is 0 Å². The molecule has 1 amide bonds. The first-order valence-corrected chi connectivity index (χ1v) is 5.46. The standard InChI is InChI=1S/C12H22N2O2/c1-6-7-13-8-10(2)9-14-11(15)16-12(3,4)5/h1,10,13H,7-9H2,2-5H3,(H,14,15). The predicted octanol–water partition coefficient (Wildman–Crippen LogP) is 1.37. The van der Waals surface area contributed by atoms with E-state index in [4.69, 9.17) is 11.2 Å². The maximum absolute atomic E-state index is 11.3. The number of carbonyl (C=O) groups excluding carboxylic acids is 1. The molecule has 4 heteroatoms. The molecule has 0 aliphatic rings. The molecule has 2 N–H and O–H groups in total. The molecule has 0 aromatic carbocycles. The summed E-state index contributed by atoms with van der Waals surface area (Å²) < 4.78 is 5.11. The average Bonchev–Trinajstić information content (AvgIpc) is 2.12. The first-order chi connectivity index (χ1) is 7.35. The Morgan fingerprint density at radius 3 is 2.56 bits per heavy atom. The van der Waals surface area contributed by atoms with E-state index < -0.39 is 5.60 Å². The number of rotatable bonds is 5. The molecule has 0 aromatic rings. The minimum Gasteiger partial charge on any atom is -0.444 e. The largest absolute Gasteiger partial charge is 0.444 e. The van der Waals surface area contributed by atoms with Crippen LogP contribution in [0.3, 0.4) is 0 Å². The number of ether oxygens (including phenoxy) is 1. The highest BCUT2D eigenvalue weighted by atomic mass is 16.6. The number of alkyl carbamates (subject to hydrolysis) is 1. The molecule has 0 heterocycles. The molecule has 1 unspecified atom stereocenters. The second-order valence-electron chi connectivity index (χ2n) is 4.82. The maximum atomic E-state index is 11.3. The van der Waals surface area contributed by atoms with Gasteiger partial charge in [-0.15, -0.1) is 6.42 Å². The number of amides is 1. The fraction of sp³-hybridized carbons (Fsp3) is 0.750. The molecule has 0 radical (unpaired) electrons. The minimum atomic E-state index is -0.449. The van der Waals surface area contributed by atoms with Gasteiger partial charge in [0, 0.05) is 13.1 Å². The second-order valence-corrected chi connectivity index (χ2v) is 4.82. The second kappa shape index (κ2) is 7.13. The van der Waals surface area contributed by atoms with E-state index >= 15 is 0 Å². The molecule has 4 nitrogen and oxygen atoms in total. The molecule has 16 heavy (non-hydrogen) atoms. The van der Waals surface area contributed by atoms with Crippen molar-refractivity contribution in [1.29, 1.82) is 0 Å². The summed E-state index contributed by atoms with van der Waals surface area (Å²) in [6, 6.07) is 0. The van der Waals surface area contributed by atoms with Gasteiger partial charge >= 0.3 is 6.09 Å². The lowest BCUT2D eigenvalue weighted by Crippen LogP contribution is -2.37. The topological polar surface area (TPSA) is 50.4 Å². The third-order valence-corrected chi connectivity index (χ3v) is 1.71. The summed E-state index contributed by atoms with van der Waals surface area (Å²) in [4.78, 5) is 11.3. The summed E-state index contributed by atoms with van der Waals surface area (Å²) in [5.74, 6) is 2.82. The summed E-state index contributed by atoms with van der Waals surface area (Å²) in [5.41, 5.74) is -0.449. The Hall–Kier alpha value is -1.21. The van der Waals surface area contributed by atoms with Crippen LogP contribution in [-0.4, -0.2) is 31.3 Å². The van der Waals surface area contributed by atoms with Gasteiger partial charge in [-0.1, -0.05) is 12.8 Å². The SMILES string of the molecule is C#CCNCC(C)CNC(=O)OC(C)(C)C. The van der Waals surface area contributed by atoms with E-state index in [1.165, 1.54) is 0 Å². The number of terminal acetylenes is 1. The van der Waals surface area contributed by atoms with Crippen molar-refractivity contribution in [2.45, 2.75) is 33.3 Å². The molecular formula is C12H22N2O2. The zero-order valence-corrected chi connectivity index (χ0v) is 10.6. The highest BCUT2D eigenvalue weighted by molar-refractivity contribution is 5.67. The molecule has 0 rings (SSSR count). The van der Waals surface area contributed by atoms with Gasteiger partial charge in [-0.05, 0) is 26.7 Å². The van der Waals surface area contributed by atoms with Crippen LogP contribution in [0.4, 0.5) is 4.79 Å². The van der Waals surface area contributed by atoms with Crippen molar-refractivity contribution in [3.05, 3.63) is 0 Å². The molecule has 92 valence electrons. The van der Waals surface area contributed by atoms with Crippen LogP contribution in [-0.2, 0) is 4.74 Å². The lowest BCUT2D eigenvalue weighted by atomic mass is 10.2. The van der Waals surface area contributed by atoms with Gasteiger partial charge in [0.1, 0.15) is 5.60 Å². The highest BCUT2D eigenvalue weighted by Gasteiger charge is 2.16. The van der Waals surface area contributed by atoms with Crippen LogP contribution in [0.15, 0.2) is 0 Å². The quantitative estimate of drug-likeness (QED) is 0.550. The van der Waals surface area contributed by atoms with Crippen LogP contribution in [0.1, 0.15) is 27.7 Å². The Bertz CT molecular complexity index is 251. The van der Waals surface area contributed by atoms with Crippen LogP contribution in [0, 0.1) is 18.3 Å². The summed E-state index contributed by atoms with van der Waals surface area (Å²) in [7, 11) is 0. The summed E-state index contributed by atoms with van der Waals surface area (Å²) in [6.07, 6.45) is 4.73. The van der Waals surface area contributed by atoms with Gasteiger partial charge < -0.3 is 15.4 Å². The van der Waals surface area contributed by atoms with Crippen molar-refractivity contribution in [1.82, 2.24) is 10.6 Å². The van der Waals surface area contributed by atoms with Crippen LogP contribution >= 0.6 is 0 Å². The van der Waals surface area contributed by atoms with Crippen molar-refractivity contribution < 1.29 is 9.53 Å². The number of nitrogens with one attached hydrogen (secondary N) is 2. The van der Waals surface area contributed by atoms with Gasteiger partial charge in [0.2, 0.25) is 0 Å². The molecule has 0 saturated carbocycles. The van der Waals surface area contributed by atoms with Crippen molar-refractivity contribution in [2.75, 3.05) is 19.6 Å². The van der Waals surface area contributed by atoms with Gasteiger partial charge in [-0.25, -0.2) is 4.79 Å². The lowest BCUT2D eigenvalue weighted by molar-refractivity contribution is 0.0520. The van der Waals surface area contributed by atoms with Crippen LogP contribution < -0.4 is 10.6 Å². The first-order valence-electron chi connectivity index (χ1n) is 5.46. The zero-order valence-electron chi connectivity index (χ0n) is 10.6. The van der Waals surface area contributed by atoms with Crippen molar-refractivity contribution in [2.24, 2.45) is 5.92 Å². The van der Waals surface area contributed by atoms with E-state index in [-0.39, 0.29) is 6.09 Å². The molecule has 0 aromatic heterocycles. The van der Waals surface area contributed by atoms with Crippen LogP contribution in [0.5, 0.6) is 0 Å². The van der Waals surface area contributed by atoms with Crippen LogP contribution in [0.25, 0.3) is 0 Å². The number of hydrogen-bond acceptors (Lipinski definition) is 3. The zero-order chi connectivity index (χ0) is 12.6. The van der Waals surface area contributed by atoms with Crippen molar-refractivity contribution in [3.8, 4) is 12.3 Å². The Kier molecular flexibility index (Phi) is 6.59. The molecule has 0 saturated heterocycles. The Morgan fingerprint density at radius 1 is 1.44 bits per heavy atom.